The zero-order chi connectivity index (χ0) is 4.50. The first-order valence-corrected chi connectivity index (χ1v) is 2.68. The van der Waals surface area contributed by atoms with Gasteiger partial charge in [0.25, 0.3) is 0 Å². The van der Waals surface area contributed by atoms with Crippen LogP contribution in [0.1, 0.15) is 0 Å². The van der Waals surface area contributed by atoms with Gasteiger partial charge < -0.3 is 24.7 Å². The Morgan fingerprint density at radius 3 is 0.857 bits per heavy atom. The van der Waals surface area contributed by atoms with Crippen molar-refractivity contribution in [3.8, 4) is 0 Å². The molecule has 0 aliphatic carbocycles. The van der Waals surface area contributed by atoms with E-state index in [9.17, 15) is 0 Å². The van der Waals surface area contributed by atoms with E-state index >= 15 is 0 Å². The van der Waals surface area contributed by atoms with Gasteiger partial charge in [-0.25, -0.2) is 0 Å². The van der Waals surface area contributed by atoms with Gasteiger partial charge in [0.15, 0.2) is 0 Å². The topological polar surface area (TPSA) is 112 Å². The average Bonchev–Trinajstić information content (AvgIpc) is 0.722. The van der Waals surface area contributed by atoms with Gasteiger partial charge in [0.1, 0.15) is 0 Å². The van der Waals surface area contributed by atoms with E-state index in [4.69, 9.17) is 19.2 Å². The average molecular weight is 352 g/mol. The molecule has 0 unspecified atom stereocenters. The molecule has 0 bridgehead atoms. The monoisotopic (exact) mass is 352 g/mol. The summed E-state index contributed by atoms with van der Waals surface area (Å²) in [6, 6.07) is 0. The van der Waals surface area contributed by atoms with Crippen molar-refractivity contribution < 1.29 is 55.8 Å². The van der Waals surface area contributed by atoms with Crippen molar-refractivity contribution in [1.29, 1.82) is 0 Å². The van der Waals surface area contributed by atoms with Crippen molar-refractivity contribution in [2.75, 3.05) is 0 Å². The van der Waals surface area contributed by atoms with E-state index < -0.39 is 9.05 Å². The fraction of sp³-hybridized carbons (Fsp3) is 0. The summed E-state index contributed by atoms with van der Waals surface area (Å²) in [5.41, 5.74) is 0. The minimum absolute atomic E-state index is 0. The molecule has 0 aromatic heterocycles. The summed E-state index contributed by atoms with van der Waals surface area (Å²) in [5, 5.41) is 0. The van der Waals surface area contributed by atoms with Crippen LogP contribution in [0.25, 0.3) is 0 Å². The Morgan fingerprint density at radius 1 is 0.857 bits per heavy atom. The van der Waals surface area contributed by atoms with Gasteiger partial charge >= 0.3 is 9.05 Å². The molecule has 0 fully saturated rings. The van der Waals surface area contributed by atoms with Gasteiger partial charge in [-0.15, -0.1) is 0 Å². The molecule has 7 heteroatoms. The van der Waals surface area contributed by atoms with Crippen LogP contribution in [0.2, 0.25) is 0 Å². The molecule has 0 aliphatic heterocycles. The Balaban J connectivity index is -0.0000000800. The standard InChI is InChI=1S/H4O4Si.H2O.U/c1-5(2,3)4;;/h1-4H;1H2;. The van der Waals surface area contributed by atoms with Gasteiger partial charge in [-0.05, 0) is 0 Å². The summed E-state index contributed by atoms with van der Waals surface area (Å²) in [5.74, 6) is 0. The summed E-state index contributed by atoms with van der Waals surface area (Å²) < 4.78 is 0. The quantitative estimate of drug-likeness (QED) is 0.340. The Bertz CT molecular complexity index is 23.6. The molecule has 0 saturated carbocycles. The summed E-state index contributed by atoms with van der Waals surface area (Å²) >= 11 is 0. The molecule has 5 nitrogen and oxygen atoms in total. The van der Waals surface area contributed by atoms with Gasteiger partial charge in [0.05, 0.1) is 0 Å². The van der Waals surface area contributed by atoms with Crippen molar-refractivity contribution in [3.05, 3.63) is 0 Å². The van der Waals surface area contributed by atoms with E-state index in [2.05, 4.69) is 0 Å². The number of hydrogen-bond acceptors (Lipinski definition) is 4. The summed E-state index contributed by atoms with van der Waals surface area (Å²) in [4.78, 5) is 29.3. The molecule has 0 radical (unpaired) electrons. The van der Waals surface area contributed by atoms with E-state index in [0.29, 0.717) is 0 Å². The largest absolute Gasteiger partial charge is 0.668 e. The van der Waals surface area contributed by atoms with E-state index in [1.54, 1.807) is 0 Å². The van der Waals surface area contributed by atoms with Gasteiger partial charge in [0.2, 0.25) is 0 Å². The molecule has 0 amide bonds. The third-order valence-corrected chi connectivity index (χ3v) is 0. The van der Waals surface area contributed by atoms with Crippen molar-refractivity contribution in [1.82, 2.24) is 0 Å². The predicted molar refractivity (Wildman–Crippen MR) is 18.2 cm³/mol. The molecule has 0 aliphatic rings. The molecule has 0 spiro atoms. The second-order valence-electron chi connectivity index (χ2n) is 0.600. The number of rotatable bonds is 0. The smallest absolute Gasteiger partial charge is 0.412 e. The Hall–Kier alpha value is 1.07. The molecular weight excluding hydrogens is 346 g/mol. The fourth-order valence-electron chi connectivity index (χ4n) is 0. The van der Waals surface area contributed by atoms with Gasteiger partial charge in [-0.3, -0.25) is 0 Å². The first-order valence-electron chi connectivity index (χ1n) is 0.894. The second kappa shape index (κ2) is 5.21. The summed E-state index contributed by atoms with van der Waals surface area (Å²) in [7, 11) is -4.61. The van der Waals surface area contributed by atoms with Gasteiger partial charge in [-0.2, -0.15) is 0 Å². The maximum atomic E-state index is 7.33. The van der Waals surface area contributed by atoms with E-state index in [1.807, 2.05) is 0 Å². The molecule has 6 N–H and O–H groups in total. The maximum absolute atomic E-state index is 7.33. The zero-order valence-electron chi connectivity index (χ0n) is 3.29. The van der Waals surface area contributed by atoms with Crippen LogP contribution in [-0.4, -0.2) is 33.7 Å². The fourth-order valence-corrected chi connectivity index (χ4v) is 0. The van der Waals surface area contributed by atoms with Crippen LogP contribution in [0, 0.1) is 31.1 Å². The van der Waals surface area contributed by atoms with Crippen LogP contribution in [0.15, 0.2) is 0 Å². The summed E-state index contributed by atoms with van der Waals surface area (Å²) in [6.45, 7) is 0. The predicted octanol–water partition coefficient (Wildman–Crippen LogP) is -3.43. The van der Waals surface area contributed by atoms with Crippen molar-refractivity contribution in [2.24, 2.45) is 0 Å². The zero-order valence-corrected chi connectivity index (χ0v) is 8.45. The Labute approximate surface area is 64.8 Å². The second-order valence-corrected chi connectivity index (χ2v) is 1.80. The van der Waals surface area contributed by atoms with E-state index in [-0.39, 0.29) is 36.6 Å². The third-order valence-electron chi connectivity index (χ3n) is 0. The van der Waals surface area contributed by atoms with Crippen molar-refractivity contribution in [2.45, 2.75) is 0 Å². The van der Waals surface area contributed by atoms with Gasteiger partial charge in [0, 0.05) is 31.1 Å². The Kier molecular flexibility index (Phi) is 11.7. The minimum atomic E-state index is -4.61. The molecular formula is H6O5SiU. The first kappa shape index (κ1) is 15.7. The van der Waals surface area contributed by atoms with Crippen LogP contribution in [0.4, 0.5) is 0 Å². The molecule has 0 aromatic carbocycles. The van der Waals surface area contributed by atoms with Crippen LogP contribution < -0.4 is 0 Å². The molecule has 0 saturated heterocycles. The minimum Gasteiger partial charge on any atom is -0.412 e. The molecule has 0 heterocycles. The number of hydrogen-bond donors (Lipinski definition) is 4. The van der Waals surface area contributed by atoms with E-state index in [1.165, 1.54) is 0 Å². The normalized spacial score (nSPS) is 8.57. The first-order chi connectivity index (χ1) is 2.00. The molecule has 0 aromatic rings. The maximum Gasteiger partial charge on any atom is 0.668 e. The molecule has 7 heavy (non-hydrogen) atoms. The van der Waals surface area contributed by atoms with Gasteiger partial charge in [-0.1, -0.05) is 0 Å². The molecule has 0 atom stereocenters. The third kappa shape index (κ3) is 159. The van der Waals surface area contributed by atoms with Crippen LogP contribution in [0.3, 0.4) is 0 Å². The molecule has 44 valence electrons. The van der Waals surface area contributed by atoms with Crippen LogP contribution in [0.5, 0.6) is 0 Å². The SMILES string of the molecule is O.O[Si](O)(O)O.[U]. The van der Waals surface area contributed by atoms with Crippen molar-refractivity contribution in [3.63, 3.8) is 0 Å². The van der Waals surface area contributed by atoms with E-state index in [0.717, 1.165) is 0 Å². The van der Waals surface area contributed by atoms with Crippen LogP contribution in [-0.2, 0) is 0 Å². The summed E-state index contributed by atoms with van der Waals surface area (Å²) in [6.07, 6.45) is 0. The molecule has 0 rings (SSSR count). The van der Waals surface area contributed by atoms with Crippen molar-refractivity contribution >= 4 is 9.05 Å². The Morgan fingerprint density at radius 2 is 0.857 bits per heavy atom. The van der Waals surface area contributed by atoms with Crippen LogP contribution >= 0.6 is 0 Å².